The molecule has 2 aromatic rings. The molecule has 0 fully saturated rings. The van der Waals surface area contributed by atoms with E-state index in [1.165, 1.54) is 6.20 Å². The summed E-state index contributed by atoms with van der Waals surface area (Å²) in [5, 5.41) is 13.2. The molecule has 0 radical (unpaired) electrons. The first-order valence-corrected chi connectivity index (χ1v) is 6.90. The van der Waals surface area contributed by atoms with Crippen LogP contribution in [0.15, 0.2) is 30.5 Å². The lowest BCUT2D eigenvalue weighted by Gasteiger charge is -2.11. The molecule has 0 saturated carbocycles. The first-order chi connectivity index (χ1) is 9.99. The Morgan fingerprint density at radius 1 is 1.33 bits per heavy atom. The predicted octanol–water partition coefficient (Wildman–Crippen LogP) is 2.73. The molecule has 1 unspecified atom stereocenters. The number of carboxylic acids is 1. The van der Waals surface area contributed by atoms with Crippen LogP contribution in [0.1, 0.15) is 23.7 Å². The lowest BCUT2D eigenvalue weighted by molar-refractivity contribution is -0.137. The van der Waals surface area contributed by atoms with E-state index in [0.717, 1.165) is 5.39 Å². The quantitative estimate of drug-likeness (QED) is 0.832. The van der Waals surface area contributed by atoms with Gasteiger partial charge in [0.15, 0.2) is 0 Å². The van der Waals surface area contributed by atoms with Crippen molar-refractivity contribution in [2.45, 2.75) is 13.3 Å². The molecule has 1 aromatic heterocycles. The van der Waals surface area contributed by atoms with E-state index in [1.807, 2.05) is 12.1 Å². The molecule has 0 bridgehead atoms. The van der Waals surface area contributed by atoms with Gasteiger partial charge in [-0.2, -0.15) is 0 Å². The van der Waals surface area contributed by atoms with Crippen LogP contribution in [0.25, 0.3) is 10.8 Å². The first kappa shape index (κ1) is 15.3. The summed E-state index contributed by atoms with van der Waals surface area (Å²) in [7, 11) is 0. The van der Waals surface area contributed by atoms with Gasteiger partial charge in [0, 0.05) is 24.5 Å². The first-order valence-electron chi connectivity index (χ1n) is 6.52. The molecule has 5 nitrogen and oxygen atoms in total. The molecule has 21 heavy (non-hydrogen) atoms. The molecule has 2 rings (SSSR count). The Morgan fingerprint density at radius 2 is 2.00 bits per heavy atom. The monoisotopic (exact) mass is 306 g/mol. The van der Waals surface area contributed by atoms with Crippen LogP contribution in [0.4, 0.5) is 0 Å². The highest BCUT2D eigenvalue weighted by Gasteiger charge is 2.14. The Balaban J connectivity index is 2.17. The minimum absolute atomic E-state index is 0.0138. The van der Waals surface area contributed by atoms with Gasteiger partial charge in [-0.15, -0.1) is 0 Å². The molecular formula is C15H15ClN2O3. The van der Waals surface area contributed by atoms with Gasteiger partial charge in [-0.05, 0) is 11.3 Å². The van der Waals surface area contributed by atoms with Crippen molar-refractivity contribution < 1.29 is 14.7 Å². The molecule has 1 aromatic carbocycles. The number of hydrogen-bond acceptors (Lipinski definition) is 3. The number of amides is 1. The number of nitrogens with one attached hydrogen (secondary N) is 1. The van der Waals surface area contributed by atoms with Gasteiger partial charge in [0.05, 0.1) is 5.56 Å². The van der Waals surface area contributed by atoms with Crippen LogP contribution in [0.3, 0.4) is 0 Å². The second kappa shape index (κ2) is 6.54. The third-order valence-electron chi connectivity index (χ3n) is 3.13. The Morgan fingerprint density at radius 3 is 2.67 bits per heavy atom. The minimum Gasteiger partial charge on any atom is -0.481 e. The molecule has 1 amide bonds. The topological polar surface area (TPSA) is 79.3 Å². The number of halogens is 1. The number of rotatable bonds is 5. The van der Waals surface area contributed by atoms with E-state index < -0.39 is 5.97 Å². The fourth-order valence-corrected chi connectivity index (χ4v) is 2.29. The highest BCUT2D eigenvalue weighted by Crippen LogP contribution is 2.24. The summed E-state index contributed by atoms with van der Waals surface area (Å²) in [4.78, 5) is 26.8. The largest absolute Gasteiger partial charge is 0.481 e. The van der Waals surface area contributed by atoms with Crippen molar-refractivity contribution in [3.8, 4) is 0 Å². The number of carbonyl (C=O) groups excluding carboxylic acids is 1. The fraction of sp³-hybridized carbons (Fsp3) is 0.267. The summed E-state index contributed by atoms with van der Waals surface area (Å²) in [6, 6.07) is 7.25. The Hall–Kier alpha value is -2.14. The molecule has 2 N–H and O–H groups in total. The van der Waals surface area contributed by atoms with Crippen molar-refractivity contribution >= 4 is 34.2 Å². The van der Waals surface area contributed by atoms with Gasteiger partial charge in [0.25, 0.3) is 5.91 Å². The number of aliphatic carboxylic acids is 1. The van der Waals surface area contributed by atoms with E-state index in [2.05, 4.69) is 10.3 Å². The zero-order valence-electron chi connectivity index (χ0n) is 11.5. The number of benzene rings is 1. The number of hydrogen-bond donors (Lipinski definition) is 2. The molecule has 0 aliphatic rings. The van der Waals surface area contributed by atoms with Crippen molar-refractivity contribution in [3.63, 3.8) is 0 Å². The normalized spacial score (nSPS) is 12.1. The summed E-state index contributed by atoms with van der Waals surface area (Å²) in [5.41, 5.74) is 0.428. The predicted molar refractivity (Wildman–Crippen MR) is 80.5 cm³/mol. The van der Waals surface area contributed by atoms with Crippen LogP contribution in [0, 0.1) is 5.92 Å². The molecular weight excluding hydrogens is 292 g/mol. The van der Waals surface area contributed by atoms with E-state index in [-0.39, 0.29) is 18.2 Å². The summed E-state index contributed by atoms with van der Waals surface area (Å²) in [6.07, 6.45) is 1.45. The number of carbonyl (C=O) groups is 2. The lowest BCUT2D eigenvalue weighted by Crippen LogP contribution is -2.29. The molecule has 0 spiro atoms. The maximum Gasteiger partial charge on any atom is 0.303 e. The number of pyridine rings is 1. The zero-order chi connectivity index (χ0) is 15.4. The molecule has 0 aliphatic heterocycles. The zero-order valence-corrected chi connectivity index (χ0v) is 12.2. The van der Waals surface area contributed by atoms with Crippen molar-refractivity contribution in [2.24, 2.45) is 5.92 Å². The van der Waals surface area contributed by atoms with Crippen LogP contribution >= 0.6 is 11.6 Å². The second-order valence-electron chi connectivity index (χ2n) is 4.92. The Labute approximate surface area is 126 Å². The molecule has 0 aliphatic carbocycles. The van der Waals surface area contributed by atoms with Crippen molar-refractivity contribution in [3.05, 3.63) is 41.2 Å². The van der Waals surface area contributed by atoms with Crippen LogP contribution < -0.4 is 5.32 Å². The van der Waals surface area contributed by atoms with Gasteiger partial charge in [0.1, 0.15) is 5.15 Å². The number of fused-ring (bicyclic) bond motifs is 1. The third-order valence-corrected chi connectivity index (χ3v) is 3.43. The third kappa shape index (κ3) is 3.70. The second-order valence-corrected chi connectivity index (χ2v) is 5.28. The van der Waals surface area contributed by atoms with Crippen LogP contribution in [0.2, 0.25) is 5.15 Å². The van der Waals surface area contributed by atoms with E-state index in [0.29, 0.717) is 22.6 Å². The van der Waals surface area contributed by atoms with Gasteiger partial charge in [-0.3, -0.25) is 9.59 Å². The fourth-order valence-electron chi connectivity index (χ4n) is 2.07. The summed E-state index contributed by atoms with van der Waals surface area (Å²) in [6.45, 7) is 2.06. The lowest BCUT2D eigenvalue weighted by atomic mass is 10.1. The van der Waals surface area contributed by atoms with Gasteiger partial charge in [-0.1, -0.05) is 42.8 Å². The maximum atomic E-state index is 12.2. The molecule has 1 atom stereocenters. The van der Waals surface area contributed by atoms with Gasteiger partial charge < -0.3 is 10.4 Å². The minimum atomic E-state index is -0.879. The molecule has 6 heteroatoms. The van der Waals surface area contributed by atoms with E-state index >= 15 is 0 Å². The number of carboxylic acid groups (broad SMARTS) is 1. The van der Waals surface area contributed by atoms with Crippen LogP contribution in [-0.2, 0) is 4.79 Å². The van der Waals surface area contributed by atoms with Crippen LogP contribution in [-0.4, -0.2) is 28.5 Å². The average molecular weight is 307 g/mol. The summed E-state index contributed by atoms with van der Waals surface area (Å²) >= 11 is 6.01. The van der Waals surface area contributed by atoms with Crippen molar-refractivity contribution in [1.82, 2.24) is 10.3 Å². The molecule has 0 saturated heterocycles. The summed E-state index contributed by atoms with van der Waals surface area (Å²) in [5.74, 6) is -1.30. The van der Waals surface area contributed by atoms with Gasteiger partial charge in [0.2, 0.25) is 0 Å². The standard InChI is InChI=1S/C15H15ClN2O3/c1-9(6-13(19)20)7-18-15(21)12-8-17-14(16)11-5-3-2-4-10(11)12/h2-5,8-9H,6-7H2,1H3,(H,18,21)(H,19,20). The van der Waals surface area contributed by atoms with E-state index in [1.54, 1.807) is 19.1 Å². The SMILES string of the molecule is CC(CNC(=O)c1cnc(Cl)c2ccccc12)CC(=O)O. The van der Waals surface area contributed by atoms with Gasteiger partial charge >= 0.3 is 5.97 Å². The number of nitrogens with zero attached hydrogens (tertiary/aromatic N) is 1. The van der Waals surface area contributed by atoms with E-state index in [9.17, 15) is 9.59 Å². The number of aromatic nitrogens is 1. The van der Waals surface area contributed by atoms with Crippen molar-refractivity contribution in [1.29, 1.82) is 0 Å². The Bertz CT molecular complexity index is 688. The highest BCUT2D eigenvalue weighted by molar-refractivity contribution is 6.34. The van der Waals surface area contributed by atoms with E-state index in [4.69, 9.17) is 16.7 Å². The summed E-state index contributed by atoms with van der Waals surface area (Å²) < 4.78 is 0. The van der Waals surface area contributed by atoms with Gasteiger partial charge in [-0.25, -0.2) is 4.98 Å². The molecule has 110 valence electrons. The molecule has 1 heterocycles. The average Bonchev–Trinajstić information content (AvgIpc) is 2.45. The van der Waals surface area contributed by atoms with Crippen molar-refractivity contribution in [2.75, 3.05) is 6.54 Å². The maximum absolute atomic E-state index is 12.2. The highest BCUT2D eigenvalue weighted by atomic mass is 35.5. The Kier molecular flexibility index (Phi) is 4.75. The smallest absolute Gasteiger partial charge is 0.303 e. The van der Waals surface area contributed by atoms with Crippen LogP contribution in [0.5, 0.6) is 0 Å².